The van der Waals surface area contributed by atoms with Crippen LogP contribution in [0.2, 0.25) is 10.2 Å². The molecule has 4 nitrogen and oxygen atoms in total. The monoisotopic (exact) mass is 320 g/mol. The molecule has 0 N–H and O–H groups in total. The standard InChI is InChI=1S/C12H12Cl2F2N4/c1-2-11(19-7-17)20(6-10(15)16)5-8-3-9(13)12(14)18-4-8/h3-4,10H,2,5-6H2,1H3. The van der Waals surface area contributed by atoms with Gasteiger partial charge in [0.1, 0.15) is 11.0 Å². The van der Waals surface area contributed by atoms with E-state index < -0.39 is 13.0 Å². The van der Waals surface area contributed by atoms with Gasteiger partial charge in [0, 0.05) is 19.2 Å². The zero-order valence-corrected chi connectivity index (χ0v) is 12.2. The minimum Gasteiger partial charge on any atom is -0.349 e. The molecular formula is C12H12Cl2F2N4. The molecule has 8 heteroatoms. The Balaban J connectivity index is 2.97. The van der Waals surface area contributed by atoms with Crippen LogP contribution in [0.15, 0.2) is 17.3 Å². The summed E-state index contributed by atoms with van der Waals surface area (Å²) in [5, 5.41) is 8.99. The molecule has 0 radical (unpaired) electrons. The van der Waals surface area contributed by atoms with E-state index in [-0.39, 0.29) is 16.7 Å². The fourth-order valence-corrected chi connectivity index (χ4v) is 1.92. The molecule has 20 heavy (non-hydrogen) atoms. The minimum absolute atomic E-state index is 0.128. The minimum atomic E-state index is -2.54. The van der Waals surface area contributed by atoms with Crippen LogP contribution in [0.25, 0.3) is 0 Å². The molecule has 0 atom stereocenters. The molecule has 1 aromatic heterocycles. The molecule has 0 saturated carbocycles. The Morgan fingerprint density at radius 2 is 2.25 bits per heavy atom. The first kappa shape index (κ1) is 16.6. The predicted octanol–water partition coefficient (Wildman–Crippen LogP) is 3.75. The molecule has 0 aliphatic rings. The Labute approximate surface area is 125 Å². The maximum Gasteiger partial charge on any atom is 0.255 e. The van der Waals surface area contributed by atoms with Gasteiger partial charge in [-0.1, -0.05) is 30.1 Å². The van der Waals surface area contributed by atoms with E-state index in [2.05, 4.69) is 9.98 Å². The molecular weight excluding hydrogens is 309 g/mol. The number of nitrogens with zero attached hydrogens (tertiary/aromatic N) is 4. The van der Waals surface area contributed by atoms with Crippen LogP contribution in [0, 0.1) is 11.5 Å². The van der Waals surface area contributed by atoms with Crippen LogP contribution in [0.5, 0.6) is 0 Å². The van der Waals surface area contributed by atoms with Crippen LogP contribution in [0.4, 0.5) is 8.78 Å². The largest absolute Gasteiger partial charge is 0.349 e. The highest BCUT2D eigenvalue weighted by atomic mass is 35.5. The number of rotatable bonds is 5. The summed E-state index contributed by atoms with van der Waals surface area (Å²) in [4.78, 5) is 8.75. The summed E-state index contributed by atoms with van der Waals surface area (Å²) in [5.74, 6) is 0.291. The molecule has 1 rings (SSSR count). The van der Waals surface area contributed by atoms with Crippen LogP contribution in [0.3, 0.4) is 0 Å². The van der Waals surface area contributed by atoms with Gasteiger partial charge in [-0.15, -0.1) is 0 Å². The van der Waals surface area contributed by atoms with Crippen LogP contribution in [-0.2, 0) is 6.54 Å². The topological polar surface area (TPSA) is 52.3 Å². The first-order chi connectivity index (χ1) is 9.47. The maximum absolute atomic E-state index is 12.6. The number of pyridine rings is 1. The normalized spacial score (nSPS) is 11.6. The lowest BCUT2D eigenvalue weighted by atomic mass is 10.2. The number of aliphatic imine (C=N–C) groups is 1. The number of hydrogen-bond acceptors (Lipinski definition) is 3. The van der Waals surface area contributed by atoms with Crippen molar-refractivity contribution >= 4 is 29.0 Å². The lowest BCUT2D eigenvalue weighted by molar-refractivity contribution is 0.113. The first-order valence-corrected chi connectivity index (χ1v) is 6.52. The predicted molar refractivity (Wildman–Crippen MR) is 74.0 cm³/mol. The lowest BCUT2D eigenvalue weighted by Crippen LogP contribution is -2.34. The van der Waals surface area contributed by atoms with Crippen LogP contribution < -0.4 is 0 Å². The van der Waals surface area contributed by atoms with Crippen LogP contribution in [0.1, 0.15) is 18.9 Å². The highest BCUT2D eigenvalue weighted by Crippen LogP contribution is 2.21. The highest BCUT2D eigenvalue weighted by Gasteiger charge is 2.16. The molecule has 0 spiro atoms. The third kappa shape index (κ3) is 4.91. The summed E-state index contributed by atoms with van der Waals surface area (Å²) >= 11 is 11.5. The third-order valence-corrected chi connectivity index (χ3v) is 3.13. The summed E-state index contributed by atoms with van der Waals surface area (Å²) < 4.78 is 25.3. The van der Waals surface area contributed by atoms with Crippen molar-refractivity contribution in [1.29, 1.82) is 5.26 Å². The number of amidine groups is 1. The van der Waals surface area contributed by atoms with Gasteiger partial charge in [-0.25, -0.2) is 13.8 Å². The summed E-state index contributed by atoms with van der Waals surface area (Å²) in [6.07, 6.45) is 0.898. The molecule has 0 bridgehead atoms. The van der Waals surface area contributed by atoms with E-state index in [1.807, 2.05) is 0 Å². The van der Waals surface area contributed by atoms with Gasteiger partial charge >= 0.3 is 0 Å². The first-order valence-electron chi connectivity index (χ1n) is 5.76. The number of nitriles is 1. The van der Waals surface area contributed by atoms with Crippen LogP contribution >= 0.6 is 23.2 Å². The Hall–Kier alpha value is -1.45. The average Bonchev–Trinajstić information content (AvgIpc) is 2.39. The van der Waals surface area contributed by atoms with Crippen molar-refractivity contribution in [1.82, 2.24) is 9.88 Å². The second-order valence-corrected chi connectivity index (χ2v) is 4.63. The number of hydrogen-bond donors (Lipinski definition) is 0. The molecule has 0 aromatic carbocycles. The fraction of sp³-hybridized carbons (Fsp3) is 0.417. The average molecular weight is 321 g/mol. The van der Waals surface area contributed by atoms with Gasteiger partial charge < -0.3 is 4.90 Å². The number of halogens is 4. The summed E-state index contributed by atoms with van der Waals surface area (Å²) in [6, 6.07) is 1.55. The van der Waals surface area contributed by atoms with E-state index >= 15 is 0 Å². The Bertz CT molecular complexity index is 529. The quantitative estimate of drug-likeness (QED) is 0.359. The Morgan fingerprint density at radius 1 is 1.55 bits per heavy atom. The van der Waals surface area contributed by atoms with E-state index in [0.717, 1.165) is 0 Å². The van der Waals surface area contributed by atoms with Gasteiger partial charge in [-0.2, -0.15) is 10.3 Å². The molecule has 108 valence electrons. The van der Waals surface area contributed by atoms with Crippen molar-refractivity contribution in [3.63, 3.8) is 0 Å². The Kier molecular flexibility index (Phi) is 6.62. The van der Waals surface area contributed by atoms with Gasteiger partial charge in [0.15, 0.2) is 0 Å². The SMILES string of the molecule is CCC(=NC#N)N(Cc1cnc(Cl)c(Cl)c1)CC(F)F. The molecule has 0 aliphatic carbocycles. The van der Waals surface area contributed by atoms with E-state index in [4.69, 9.17) is 28.5 Å². The smallest absolute Gasteiger partial charge is 0.255 e. The number of aromatic nitrogens is 1. The fourth-order valence-electron chi connectivity index (χ4n) is 1.63. The molecule has 1 heterocycles. The summed E-state index contributed by atoms with van der Waals surface area (Å²) in [5.41, 5.74) is 0.610. The van der Waals surface area contributed by atoms with Crippen molar-refractivity contribution < 1.29 is 8.78 Å². The van der Waals surface area contributed by atoms with Crippen molar-refractivity contribution in [3.05, 3.63) is 28.0 Å². The van der Waals surface area contributed by atoms with Crippen molar-refractivity contribution in [2.45, 2.75) is 26.3 Å². The van der Waals surface area contributed by atoms with Crippen LogP contribution in [-0.4, -0.2) is 28.7 Å². The van der Waals surface area contributed by atoms with Crippen molar-refractivity contribution in [3.8, 4) is 6.19 Å². The molecule has 0 unspecified atom stereocenters. The molecule has 0 aliphatic heterocycles. The van der Waals surface area contributed by atoms with E-state index in [1.54, 1.807) is 19.2 Å². The van der Waals surface area contributed by atoms with E-state index in [9.17, 15) is 8.78 Å². The summed E-state index contributed by atoms with van der Waals surface area (Å²) in [6.45, 7) is 1.35. The van der Waals surface area contributed by atoms with Gasteiger partial charge in [0.05, 0.1) is 11.6 Å². The Morgan fingerprint density at radius 3 is 2.75 bits per heavy atom. The number of alkyl halides is 2. The molecule has 0 saturated heterocycles. The van der Waals surface area contributed by atoms with Crippen molar-refractivity contribution in [2.24, 2.45) is 4.99 Å². The molecule has 1 aromatic rings. The second-order valence-electron chi connectivity index (χ2n) is 3.87. The zero-order valence-electron chi connectivity index (χ0n) is 10.7. The lowest BCUT2D eigenvalue weighted by Gasteiger charge is -2.24. The van der Waals surface area contributed by atoms with Gasteiger partial charge in [-0.05, 0) is 11.6 Å². The maximum atomic E-state index is 12.6. The van der Waals surface area contributed by atoms with Gasteiger partial charge in [0.2, 0.25) is 6.19 Å². The van der Waals surface area contributed by atoms with Gasteiger partial charge in [-0.3, -0.25) is 0 Å². The molecule has 0 fully saturated rings. The second kappa shape index (κ2) is 7.98. The highest BCUT2D eigenvalue weighted by molar-refractivity contribution is 6.41. The summed E-state index contributed by atoms with van der Waals surface area (Å²) in [7, 11) is 0. The molecule has 0 amide bonds. The van der Waals surface area contributed by atoms with Crippen molar-refractivity contribution in [2.75, 3.05) is 6.54 Å². The third-order valence-electron chi connectivity index (χ3n) is 2.45. The van der Waals surface area contributed by atoms with E-state index in [1.165, 1.54) is 11.1 Å². The van der Waals surface area contributed by atoms with E-state index in [0.29, 0.717) is 17.8 Å². The zero-order chi connectivity index (χ0) is 15.1. The van der Waals surface area contributed by atoms with Gasteiger partial charge in [0.25, 0.3) is 6.43 Å².